The normalized spacial score (nSPS) is 11.6. The van der Waals surface area contributed by atoms with Gasteiger partial charge < -0.3 is 10.5 Å². The van der Waals surface area contributed by atoms with Crippen molar-refractivity contribution in [2.24, 2.45) is 5.73 Å². The molecule has 0 spiro atoms. The van der Waals surface area contributed by atoms with Crippen molar-refractivity contribution in [1.29, 1.82) is 0 Å². The minimum atomic E-state index is -4.35. The molecule has 0 bridgehead atoms. The summed E-state index contributed by atoms with van der Waals surface area (Å²) in [6.45, 7) is 1.07. The first kappa shape index (κ1) is 14.4. The number of aromatic nitrogens is 2. The molecule has 4 nitrogen and oxygen atoms in total. The summed E-state index contributed by atoms with van der Waals surface area (Å²) in [6, 6.07) is 5.05. The van der Waals surface area contributed by atoms with E-state index in [2.05, 4.69) is 5.10 Å². The van der Waals surface area contributed by atoms with Gasteiger partial charge in [-0.3, -0.25) is 4.68 Å². The maximum absolute atomic E-state index is 12.6. The van der Waals surface area contributed by atoms with Crippen LogP contribution in [0.1, 0.15) is 11.1 Å². The van der Waals surface area contributed by atoms with Gasteiger partial charge in [0.05, 0.1) is 24.5 Å². The maximum atomic E-state index is 12.6. The highest BCUT2D eigenvalue weighted by Crippen LogP contribution is 2.29. The van der Waals surface area contributed by atoms with E-state index in [1.165, 1.54) is 12.3 Å². The van der Waals surface area contributed by atoms with Crippen LogP contribution in [0.2, 0.25) is 0 Å². The summed E-state index contributed by atoms with van der Waals surface area (Å²) in [5, 5.41) is 4.01. The zero-order valence-corrected chi connectivity index (χ0v) is 10.6. The van der Waals surface area contributed by atoms with Crippen LogP contribution in [0.4, 0.5) is 13.2 Å². The molecule has 2 rings (SSSR count). The second-order valence-electron chi connectivity index (χ2n) is 4.21. The average Bonchev–Trinajstić information content (AvgIpc) is 2.84. The predicted octanol–water partition coefficient (Wildman–Crippen LogP) is 2.44. The summed E-state index contributed by atoms with van der Waals surface area (Å²) in [7, 11) is 0. The molecule has 0 saturated heterocycles. The summed E-state index contributed by atoms with van der Waals surface area (Å²) < 4.78 is 44.7. The van der Waals surface area contributed by atoms with Crippen molar-refractivity contribution >= 4 is 0 Å². The highest BCUT2D eigenvalue weighted by Gasteiger charge is 2.30. The number of nitrogens with zero attached hydrogens (tertiary/aromatic N) is 2. The molecule has 0 aliphatic rings. The van der Waals surface area contributed by atoms with E-state index >= 15 is 0 Å². The van der Waals surface area contributed by atoms with Gasteiger partial charge in [0.1, 0.15) is 6.61 Å². The van der Waals surface area contributed by atoms with Gasteiger partial charge in [0, 0.05) is 6.54 Å². The van der Waals surface area contributed by atoms with Gasteiger partial charge in [-0.1, -0.05) is 12.1 Å². The van der Waals surface area contributed by atoms with E-state index in [9.17, 15) is 13.2 Å². The number of alkyl halides is 3. The molecular formula is C13H14F3N3O. The Morgan fingerprint density at radius 1 is 1.30 bits per heavy atom. The minimum Gasteiger partial charge on any atom is -0.486 e. The van der Waals surface area contributed by atoms with Crippen molar-refractivity contribution in [2.45, 2.75) is 19.3 Å². The molecule has 2 aromatic rings. The molecule has 1 aromatic heterocycles. The van der Waals surface area contributed by atoms with Gasteiger partial charge in [0.25, 0.3) is 0 Å². The van der Waals surface area contributed by atoms with Gasteiger partial charge in [-0.2, -0.15) is 18.3 Å². The second-order valence-corrected chi connectivity index (χ2v) is 4.21. The van der Waals surface area contributed by atoms with Crippen LogP contribution in [0.3, 0.4) is 0 Å². The van der Waals surface area contributed by atoms with Crippen molar-refractivity contribution < 1.29 is 17.9 Å². The third-order valence-corrected chi connectivity index (χ3v) is 2.63. The number of hydrogen-bond donors (Lipinski definition) is 1. The van der Waals surface area contributed by atoms with Crippen LogP contribution in [-0.2, 0) is 19.3 Å². The average molecular weight is 285 g/mol. The first-order valence-electron chi connectivity index (χ1n) is 6.00. The highest BCUT2D eigenvalue weighted by atomic mass is 19.4. The van der Waals surface area contributed by atoms with Crippen molar-refractivity contribution in [3.05, 3.63) is 47.8 Å². The van der Waals surface area contributed by atoms with Crippen LogP contribution in [0.25, 0.3) is 0 Å². The molecule has 20 heavy (non-hydrogen) atoms. The molecule has 2 N–H and O–H groups in total. The van der Waals surface area contributed by atoms with Gasteiger partial charge >= 0.3 is 6.18 Å². The summed E-state index contributed by atoms with van der Waals surface area (Å²) in [5.74, 6) is 0.496. The Kier molecular flexibility index (Phi) is 4.29. The second kappa shape index (κ2) is 5.96. The van der Waals surface area contributed by atoms with Gasteiger partial charge in [-0.05, 0) is 17.7 Å². The Morgan fingerprint density at radius 3 is 2.80 bits per heavy atom. The van der Waals surface area contributed by atoms with Crippen molar-refractivity contribution in [2.75, 3.05) is 6.54 Å². The summed E-state index contributed by atoms with van der Waals surface area (Å²) >= 11 is 0. The van der Waals surface area contributed by atoms with Gasteiger partial charge in [0.2, 0.25) is 0 Å². The van der Waals surface area contributed by atoms with E-state index in [1.807, 2.05) is 0 Å². The molecule has 0 aliphatic carbocycles. The maximum Gasteiger partial charge on any atom is 0.416 e. The van der Waals surface area contributed by atoms with Gasteiger partial charge in [0.15, 0.2) is 5.75 Å². The van der Waals surface area contributed by atoms with Crippen LogP contribution in [0, 0.1) is 0 Å². The van der Waals surface area contributed by atoms with E-state index in [-0.39, 0.29) is 6.61 Å². The lowest BCUT2D eigenvalue weighted by Gasteiger charge is -2.09. The Labute approximate surface area is 114 Å². The Balaban J connectivity index is 1.99. The highest BCUT2D eigenvalue weighted by molar-refractivity contribution is 5.25. The molecule has 1 aromatic carbocycles. The Bertz CT molecular complexity index is 566. The SMILES string of the molecule is NCCn1cc(OCc2cccc(C(F)(F)F)c2)cn1. The molecule has 7 heteroatoms. The number of hydrogen-bond acceptors (Lipinski definition) is 3. The lowest BCUT2D eigenvalue weighted by molar-refractivity contribution is -0.137. The Hall–Kier alpha value is -2.02. The minimum absolute atomic E-state index is 0.0538. The van der Waals surface area contributed by atoms with Crippen LogP contribution in [0.5, 0.6) is 5.75 Å². The van der Waals surface area contributed by atoms with Crippen molar-refractivity contribution in [1.82, 2.24) is 9.78 Å². The standard InChI is InChI=1S/C13H14F3N3O/c14-13(15,16)11-3-1-2-10(6-11)9-20-12-7-18-19(8-12)5-4-17/h1-3,6-8H,4-5,9,17H2. The first-order chi connectivity index (χ1) is 9.49. The van der Waals surface area contributed by atoms with E-state index in [4.69, 9.17) is 10.5 Å². The van der Waals surface area contributed by atoms with E-state index < -0.39 is 11.7 Å². The monoisotopic (exact) mass is 285 g/mol. The summed E-state index contributed by atoms with van der Waals surface area (Å²) in [4.78, 5) is 0. The van der Waals surface area contributed by atoms with Crippen LogP contribution in [0.15, 0.2) is 36.7 Å². The van der Waals surface area contributed by atoms with E-state index in [1.54, 1.807) is 16.9 Å². The predicted molar refractivity (Wildman–Crippen MR) is 67.1 cm³/mol. The fourth-order valence-corrected chi connectivity index (χ4v) is 1.68. The zero-order valence-electron chi connectivity index (χ0n) is 10.6. The molecular weight excluding hydrogens is 271 g/mol. The van der Waals surface area contributed by atoms with Crippen molar-refractivity contribution in [3.63, 3.8) is 0 Å². The molecule has 0 atom stereocenters. The third kappa shape index (κ3) is 3.74. The lowest BCUT2D eigenvalue weighted by Crippen LogP contribution is -2.09. The zero-order chi connectivity index (χ0) is 14.6. The van der Waals surface area contributed by atoms with Crippen LogP contribution in [-0.4, -0.2) is 16.3 Å². The largest absolute Gasteiger partial charge is 0.486 e. The smallest absolute Gasteiger partial charge is 0.416 e. The fourth-order valence-electron chi connectivity index (χ4n) is 1.68. The quantitative estimate of drug-likeness (QED) is 0.918. The Morgan fingerprint density at radius 2 is 2.10 bits per heavy atom. The molecule has 0 aliphatic heterocycles. The summed E-state index contributed by atoms with van der Waals surface area (Å²) in [6.07, 6.45) is -1.19. The number of nitrogens with two attached hydrogens (primary N) is 1. The third-order valence-electron chi connectivity index (χ3n) is 2.63. The van der Waals surface area contributed by atoms with E-state index in [0.29, 0.717) is 24.4 Å². The summed E-state index contributed by atoms with van der Waals surface area (Å²) in [5.41, 5.74) is 5.15. The molecule has 1 heterocycles. The number of rotatable bonds is 5. The lowest BCUT2D eigenvalue weighted by atomic mass is 10.1. The van der Waals surface area contributed by atoms with Gasteiger partial charge in [-0.25, -0.2) is 0 Å². The molecule has 0 unspecified atom stereocenters. The van der Waals surface area contributed by atoms with Crippen LogP contribution < -0.4 is 10.5 Å². The molecule has 0 fully saturated rings. The first-order valence-corrected chi connectivity index (χ1v) is 6.00. The topological polar surface area (TPSA) is 53.1 Å². The van der Waals surface area contributed by atoms with Crippen molar-refractivity contribution in [3.8, 4) is 5.75 Å². The number of benzene rings is 1. The molecule has 0 radical (unpaired) electrons. The fraction of sp³-hybridized carbons (Fsp3) is 0.308. The molecule has 108 valence electrons. The number of ether oxygens (including phenoxy) is 1. The van der Waals surface area contributed by atoms with Gasteiger partial charge in [-0.15, -0.1) is 0 Å². The molecule has 0 saturated carbocycles. The molecule has 0 amide bonds. The van der Waals surface area contributed by atoms with Crippen LogP contribution >= 0.6 is 0 Å². The number of halogens is 3. The van der Waals surface area contributed by atoms with E-state index in [0.717, 1.165) is 12.1 Å².